The zero-order chi connectivity index (χ0) is 20.2. The Balaban J connectivity index is 1.33. The first-order valence-corrected chi connectivity index (χ1v) is 10.5. The largest absolute Gasteiger partial charge is 0.352 e. The number of aromatic amines is 1. The van der Waals surface area contributed by atoms with Gasteiger partial charge in [-0.25, -0.2) is 4.39 Å². The summed E-state index contributed by atoms with van der Waals surface area (Å²) >= 11 is 0. The normalized spacial score (nSPS) is 19.5. The van der Waals surface area contributed by atoms with Crippen molar-refractivity contribution in [1.82, 2.24) is 10.3 Å². The molecule has 1 heterocycles. The van der Waals surface area contributed by atoms with E-state index in [-0.39, 0.29) is 11.6 Å². The average molecular weight is 394 g/mol. The highest BCUT2D eigenvalue weighted by atomic mass is 19.1. The quantitative estimate of drug-likeness (QED) is 0.399. The second kappa shape index (κ2) is 8.89. The lowest BCUT2D eigenvalue weighted by Gasteiger charge is -2.26. The third kappa shape index (κ3) is 4.92. The van der Waals surface area contributed by atoms with Crippen LogP contribution in [0.3, 0.4) is 0 Å². The molecule has 2 aromatic carbocycles. The summed E-state index contributed by atoms with van der Waals surface area (Å²) in [5, 5.41) is 4.57. The Kier molecular flexibility index (Phi) is 6.07. The summed E-state index contributed by atoms with van der Waals surface area (Å²) < 4.78 is 13.1. The summed E-state index contributed by atoms with van der Waals surface area (Å²) in [6, 6.07) is 15.3. The van der Waals surface area contributed by atoms with Crippen molar-refractivity contribution in [3.05, 3.63) is 60.0 Å². The minimum absolute atomic E-state index is 0.136. The Morgan fingerprint density at radius 3 is 2.52 bits per heavy atom. The molecular formula is C24H28FN3O. The van der Waals surface area contributed by atoms with Gasteiger partial charge in [0.1, 0.15) is 5.82 Å². The second-order valence-corrected chi connectivity index (χ2v) is 8.08. The van der Waals surface area contributed by atoms with E-state index in [4.69, 9.17) is 5.73 Å². The third-order valence-corrected chi connectivity index (χ3v) is 5.89. The lowest BCUT2D eigenvalue weighted by molar-refractivity contribution is 0.0975. The minimum Gasteiger partial charge on any atom is -0.352 e. The van der Waals surface area contributed by atoms with Crippen molar-refractivity contribution < 1.29 is 9.18 Å². The van der Waals surface area contributed by atoms with Gasteiger partial charge in [-0.3, -0.25) is 4.79 Å². The number of halogens is 1. The number of rotatable bonds is 7. The van der Waals surface area contributed by atoms with E-state index >= 15 is 0 Å². The molecule has 0 radical (unpaired) electrons. The van der Waals surface area contributed by atoms with Crippen LogP contribution < -0.4 is 11.1 Å². The summed E-state index contributed by atoms with van der Waals surface area (Å²) in [7, 11) is 0. The number of nitrogens with two attached hydrogens (primary N) is 1. The number of hydrogen-bond acceptors (Lipinski definition) is 3. The van der Waals surface area contributed by atoms with Gasteiger partial charge in [0.25, 0.3) is 0 Å². The molecule has 0 aliphatic heterocycles. The molecule has 0 atom stereocenters. The number of ketones is 1. The van der Waals surface area contributed by atoms with Crippen LogP contribution in [0.4, 0.5) is 4.39 Å². The van der Waals surface area contributed by atoms with Crippen molar-refractivity contribution in [2.24, 2.45) is 5.73 Å². The van der Waals surface area contributed by atoms with E-state index in [2.05, 4.69) is 10.3 Å². The lowest BCUT2D eigenvalue weighted by atomic mass is 9.92. The zero-order valence-electron chi connectivity index (χ0n) is 16.6. The number of H-pyrrole nitrogens is 1. The van der Waals surface area contributed by atoms with Crippen LogP contribution in [0, 0.1) is 5.82 Å². The van der Waals surface area contributed by atoms with Gasteiger partial charge in [0.2, 0.25) is 0 Å². The number of hydrogen-bond donors (Lipinski definition) is 3. The fourth-order valence-electron chi connectivity index (χ4n) is 4.11. The van der Waals surface area contributed by atoms with Gasteiger partial charge in [-0.05, 0) is 74.0 Å². The number of Topliss-reactive ketones (excluding diaryl/α,β-unsaturated/α-hetero) is 1. The molecule has 1 fully saturated rings. The fourth-order valence-corrected chi connectivity index (χ4v) is 4.11. The predicted octanol–water partition coefficient (Wildman–Crippen LogP) is 4.80. The molecule has 4 N–H and O–H groups in total. The van der Waals surface area contributed by atoms with Crippen molar-refractivity contribution >= 4 is 16.7 Å². The fraction of sp³-hybridized carbons (Fsp3) is 0.375. The molecule has 152 valence electrons. The van der Waals surface area contributed by atoms with Gasteiger partial charge in [-0.2, -0.15) is 0 Å². The molecule has 0 amide bonds. The summed E-state index contributed by atoms with van der Waals surface area (Å²) in [6.07, 6.45) is 5.80. The maximum atomic E-state index is 13.1. The SMILES string of the molecule is NC1CCC(NCCCC(=O)c2cc3ccc(-c4ccc(F)cc4)cc3[nH]2)CC1. The second-order valence-electron chi connectivity index (χ2n) is 8.08. The van der Waals surface area contributed by atoms with Crippen molar-refractivity contribution in [3.8, 4) is 11.1 Å². The zero-order valence-corrected chi connectivity index (χ0v) is 16.6. The van der Waals surface area contributed by atoms with Gasteiger partial charge in [0.15, 0.2) is 5.78 Å². The highest BCUT2D eigenvalue weighted by Crippen LogP contribution is 2.25. The molecule has 0 spiro atoms. The molecular weight excluding hydrogens is 365 g/mol. The van der Waals surface area contributed by atoms with E-state index in [0.29, 0.717) is 24.2 Å². The van der Waals surface area contributed by atoms with Crippen LogP contribution in [-0.4, -0.2) is 29.4 Å². The molecule has 1 saturated carbocycles. The Hall–Kier alpha value is -2.50. The van der Waals surface area contributed by atoms with Crippen molar-refractivity contribution in [2.75, 3.05) is 6.54 Å². The first kappa shape index (κ1) is 19.8. The lowest BCUT2D eigenvalue weighted by Crippen LogP contribution is -2.37. The molecule has 3 aromatic rings. The van der Waals surface area contributed by atoms with Gasteiger partial charge in [-0.15, -0.1) is 0 Å². The molecule has 1 aliphatic rings. The molecule has 0 saturated heterocycles. The number of nitrogens with one attached hydrogen (secondary N) is 2. The van der Waals surface area contributed by atoms with Gasteiger partial charge >= 0.3 is 0 Å². The molecule has 0 unspecified atom stereocenters. The van der Waals surface area contributed by atoms with Gasteiger partial charge in [-0.1, -0.05) is 24.3 Å². The summed E-state index contributed by atoms with van der Waals surface area (Å²) in [6.45, 7) is 0.862. The number of carbonyl (C=O) groups excluding carboxylic acids is 1. The smallest absolute Gasteiger partial charge is 0.179 e. The number of aromatic nitrogens is 1. The Bertz CT molecular complexity index is 971. The molecule has 4 nitrogen and oxygen atoms in total. The summed E-state index contributed by atoms with van der Waals surface area (Å²) in [4.78, 5) is 15.8. The molecule has 0 bridgehead atoms. The molecule has 29 heavy (non-hydrogen) atoms. The molecule has 4 rings (SSSR count). The maximum Gasteiger partial charge on any atom is 0.179 e. The van der Waals surface area contributed by atoms with E-state index < -0.39 is 0 Å². The maximum absolute atomic E-state index is 13.1. The Morgan fingerprint density at radius 1 is 1.03 bits per heavy atom. The van der Waals surface area contributed by atoms with Gasteiger partial charge < -0.3 is 16.0 Å². The monoisotopic (exact) mass is 393 g/mol. The van der Waals surface area contributed by atoms with Crippen LogP contribution >= 0.6 is 0 Å². The number of carbonyl (C=O) groups is 1. The van der Waals surface area contributed by atoms with E-state index in [9.17, 15) is 9.18 Å². The summed E-state index contributed by atoms with van der Waals surface area (Å²) in [5.74, 6) is -0.110. The summed E-state index contributed by atoms with van der Waals surface area (Å²) in [5.41, 5.74) is 9.47. The van der Waals surface area contributed by atoms with Crippen molar-refractivity contribution in [2.45, 2.75) is 50.6 Å². The van der Waals surface area contributed by atoms with E-state index in [1.54, 1.807) is 12.1 Å². The van der Waals surface area contributed by atoms with Crippen LogP contribution in [0.2, 0.25) is 0 Å². The molecule has 5 heteroatoms. The average Bonchev–Trinajstić information content (AvgIpc) is 3.16. The highest BCUT2D eigenvalue weighted by Gasteiger charge is 2.18. The van der Waals surface area contributed by atoms with Crippen LogP contribution in [0.1, 0.15) is 49.0 Å². The van der Waals surface area contributed by atoms with Gasteiger partial charge in [0.05, 0.1) is 5.69 Å². The molecule has 1 aliphatic carbocycles. The third-order valence-electron chi connectivity index (χ3n) is 5.89. The Labute approximate surface area is 170 Å². The molecule has 1 aromatic heterocycles. The predicted molar refractivity (Wildman–Crippen MR) is 115 cm³/mol. The van der Waals surface area contributed by atoms with Gasteiger partial charge in [0, 0.05) is 29.4 Å². The van der Waals surface area contributed by atoms with Crippen LogP contribution in [0.15, 0.2) is 48.5 Å². The van der Waals surface area contributed by atoms with Crippen molar-refractivity contribution in [1.29, 1.82) is 0 Å². The van der Waals surface area contributed by atoms with Crippen molar-refractivity contribution in [3.63, 3.8) is 0 Å². The van der Waals surface area contributed by atoms with E-state index in [1.165, 1.54) is 12.1 Å². The first-order chi connectivity index (χ1) is 14.1. The topological polar surface area (TPSA) is 70.9 Å². The number of benzene rings is 2. The van der Waals surface area contributed by atoms with E-state index in [0.717, 1.165) is 60.7 Å². The Morgan fingerprint density at radius 2 is 1.76 bits per heavy atom. The standard InChI is InChI=1S/C24H28FN3O/c25-19-7-5-16(6-8-19)17-3-4-18-15-23(28-22(18)14-17)24(29)2-1-13-27-21-11-9-20(26)10-12-21/h3-8,14-15,20-21,27-28H,1-2,9-13,26H2. The minimum atomic E-state index is -0.246. The van der Waals surface area contributed by atoms with Crippen LogP contribution in [0.25, 0.3) is 22.0 Å². The number of fused-ring (bicyclic) bond motifs is 1. The van der Waals surface area contributed by atoms with Crippen LogP contribution in [0.5, 0.6) is 0 Å². The highest BCUT2D eigenvalue weighted by molar-refractivity contribution is 6.00. The van der Waals surface area contributed by atoms with Crippen LogP contribution in [-0.2, 0) is 0 Å². The van der Waals surface area contributed by atoms with E-state index in [1.807, 2.05) is 24.3 Å². The first-order valence-electron chi connectivity index (χ1n) is 10.5.